The van der Waals surface area contributed by atoms with E-state index in [1.54, 1.807) is 0 Å². The third-order valence-electron chi connectivity index (χ3n) is 3.99. The summed E-state index contributed by atoms with van der Waals surface area (Å²) in [5.41, 5.74) is 0.943. The molecule has 0 saturated heterocycles. The first-order valence-electron chi connectivity index (χ1n) is 8.52. The maximum atomic E-state index is 12.8. The van der Waals surface area contributed by atoms with E-state index < -0.39 is 0 Å². The minimum atomic E-state index is -0.0662. The van der Waals surface area contributed by atoms with E-state index >= 15 is 0 Å². The van der Waals surface area contributed by atoms with Crippen molar-refractivity contribution in [2.75, 3.05) is 6.79 Å². The maximum Gasteiger partial charge on any atom is 0.231 e. The van der Waals surface area contributed by atoms with E-state index in [0.717, 1.165) is 28.6 Å². The minimum absolute atomic E-state index is 0.0662. The molecule has 1 amide bonds. The highest BCUT2D eigenvalue weighted by Crippen LogP contribution is 2.33. The van der Waals surface area contributed by atoms with E-state index in [2.05, 4.69) is 20.8 Å². The van der Waals surface area contributed by atoms with Gasteiger partial charge in [-0.15, -0.1) is 0 Å². The molecule has 3 rings (SSSR count). The molecule has 5 heteroatoms. The van der Waals surface area contributed by atoms with Crippen molar-refractivity contribution in [2.45, 2.75) is 47.2 Å². The number of amides is 1. The second kappa shape index (κ2) is 6.82. The maximum absolute atomic E-state index is 12.8. The van der Waals surface area contributed by atoms with E-state index in [1.807, 2.05) is 42.2 Å². The van der Waals surface area contributed by atoms with E-state index in [-0.39, 0.29) is 18.1 Å². The SMILES string of the molecule is Cc1ccc(CN(Cc2ccc3c(c2)OCO3)C(=O)CC(C)(C)C)o1. The van der Waals surface area contributed by atoms with Gasteiger partial charge < -0.3 is 18.8 Å². The van der Waals surface area contributed by atoms with Crippen molar-refractivity contribution >= 4 is 5.91 Å². The predicted molar refractivity (Wildman–Crippen MR) is 94.3 cm³/mol. The van der Waals surface area contributed by atoms with Gasteiger partial charge in [0.25, 0.3) is 0 Å². The molecule has 1 aliphatic rings. The molecule has 134 valence electrons. The molecule has 2 aromatic rings. The van der Waals surface area contributed by atoms with Gasteiger partial charge in [0.05, 0.1) is 6.54 Å². The number of carbonyl (C=O) groups excluding carboxylic acids is 1. The van der Waals surface area contributed by atoms with Gasteiger partial charge in [0, 0.05) is 13.0 Å². The van der Waals surface area contributed by atoms with Gasteiger partial charge in [0.2, 0.25) is 12.7 Å². The third-order valence-corrected chi connectivity index (χ3v) is 3.99. The zero-order valence-corrected chi connectivity index (χ0v) is 15.3. The summed E-state index contributed by atoms with van der Waals surface area (Å²) in [6.45, 7) is 9.32. The number of furan rings is 1. The van der Waals surface area contributed by atoms with E-state index in [0.29, 0.717) is 19.5 Å². The van der Waals surface area contributed by atoms with Crippen LogP contribution in [-0.4, -0.2) is 17.6 Å². The van der Waals surface area contributed by atoms with Gasteiger partial charge in [0.1, 0.15) is 11.5 Å². The summed E-state index contributed by atoms with van der Waals surface area (Å²) in [5.74, 6) is 3.23. The fraction of sp³-hybridized carbons (Fsp3) is 0.450. The van der Waals surface area contributed by atoms with E-state index in [1.165, 1.54) is 0 Å². The number of hydrogen-bond donors (Lipinski definition) is 0. The van der Waals surface area contributed by atoms with Crippen LogP contribution in [0.2, 0.25) is 0 Å². The predicted octanol–water partition coefficient (Wildman–Crippen LogP) is 4.28. The molecule has 0 fully saturated rings. The summed E-state index contributed by atoms with van der Waals surface area (Å²) in [6.07, 6.45) is 0.483. The molecule has 1 aromatic heterocycles. The summed E-state index contributed by atoms with van der Waals surface area (Å²) < 4.78 is 16.5. The molecular formula is C20H25NO4. The molecular weight excluding hydrogens is 318 g/mol. The number of aryl methyl sites for hydroxylation is 1. The van der Waals surface area contributed by atoms with Crippen LogP contribution in [0.4, 0.5) is 0 Å². The number of nitrogens with zero attached hydrogens (tertiary/aromatic N) is 1. The van der Waals surface area contributed by atoms with Crippen molar-refractivity contribution in [1.82, 2.24) is 4.90 Å². The molecule has 0 unspecified atom stereocenters. The second-order valence-corrected chi connectivity index (χ2v) is 7.69. The number of fused-ring (bicyclic) bond motifs is 1. The largest absolute Gasteiger partial charge is 0.464 e. The van der Waals surface area contributed by atoms with Gasteiger partial charge in [-0.25, -0.2) is 0 Å². The Bertz CT molecular complexity index is 757. The van der Waals surface area contributed by atoms with Crippen molar-refractivity contribution in [3.05, 3.63) is 47.4 Å². The van der Waals surface area contributed by atoms with Crippen molar-refractivity contribution < 1.29 is 18.7 Å². The van der Waals surface area contributed by atoms with Gasteiger partial charge in [-0.1, -0.05) is 26.8 Å². The number of rotatable bonds is 5. The number of carbonyl (C=O) groups is 1. The van der Waals surface area contributed by atoms with Gasteiger partial charge in [-0.2, -0.15) is 0 Å². The Labute approximate surface area is 148 Å². The topological polar surface area (TPSA) is 51.9 Å². The Hall–Kier alpha value is -2.43. The third kappa shape index (κ3) is 4.56. The van der Waals surface area contributed by atoms with Gasteiger partial charge in [-0.05, 0) is 42.2 Å². The highest BCUT2D eigenvalue weighted by molar-refractivity contribution is 5.76. The van der Waals surface area contributed by atoms with Crippen LogP contribution in [0.1, 0.15) is 44.3 Å². The Kier molecular flexibility index (Phi) is 4.75. The lowest BCUT2D eigenvalue weighted by atomic mass is 9.91. The van der Waals surface area contributed by atoms with Crippen molar-refractivity contribution in [2.24, 2.45) is 5.41 Å². The average molecular weight is 343 g/mol. The molecule has 1 aromatic carbocycles. The highest BCUT2D eigenvalue weighted by atomic mass is 16.7. The first-order valence-corrected chi connectivity index (χ1v) is 8.52. The lowest BCUT2D eigenvalue weighted by Gasteiger charge is -2.26. The first kappa shape index (κ1) is 17.4. The monoisotopic (exact) mass is 343 g/mol. The minimum Gasteiger partial charge on any atom is -0.464 e. The number of ether oxygens (including phenoxy) is 2. The summed E-state index contributed by atoms with van der Waals surface area (Å²) in [4.78, 5) is 14.7. The fourth-order valence-electron chi connectivity index (χ4n) is 2.82. The summed E-state index contributed by atoms with van der Waals surface area (Å²) in [6, 6.07) is 9.64. The fourth-order valence-corrected chi connectivity index (χ4v) is 2.82. The molecule has 5 nitrogen and oxygen atoms in total. The van der Waals surface area contributed by atoms with Crippen LogP contribution < -0.4 is 9.47 Å². The summed E-state index contributed by atoms with van der Waals surface area (Å²) in [7, 11) is 0. The Morgan fingerprint density at radius 2 is 1.84 bits per heavy atom. The van der Waals surface area contributed by atoms with Crippen molar-refractivity contribution in [1.29, 1.82) is 0 Å². The normalized spacial score (nSPS) is 13.1. The highest BCUT2D eigenvalue weighted by Gasteiger charge is 2.23. The number of hydrogen-bond acceptors (Lipinski definition) is 4. The van der Waals surface area contributed by atoms with Crippen molar-refractivity contribution in [3.8, 4) is 11.5 Å². The molecule has 0 N–H and O–H groups in total. The van der Waals surface area contributed by atoms with Crippen LogP contribution in [0.3, 0.4) is 0 Å². The molecule has 0 bridgehead atoms. The molecule has 25 heavy (non-hydrogen) atoms. The Morgan fingerprint density at radius 3 is 2.52 bits per heavy atom. The lowest BCUT2D eigenvalue weighted by Crippen LogP contribution is -2.32. The average Bonchev–Trinajstić information content (AvgIpc) is 3.13. The van der Waals surface area contributed by atoms with Gasteiger partial charge in [0.15, 0.2) is 11.5 Å². The second-order valence-electron chi connectivity index (χ2n) is 7.69. The molecule has 0 spiro atoms. The van der Waals surface area contributed by atoms with Crippen LogP contribution >= 0.6 is 0 Å². The van der Waals surface area contributed by atoms with Crippen LogP contribution in [0.25, 0.3) is 0 Å². The molecule has 0 atom stereocenters. The molecule has 0 aliphatic carbocycles. The lowest BCUT2D eigenvalue weighted by molar-refractivity contribution is -0.134. The van der Waals surface area contributed by atoms with Gasteiger partial charge >= 0.3 is 0 Å². The smallest absolute Gasteiger partial charge is 0.231 e. The molecule has 1 aliphatic heterocycles. The van der Waals surface area contributed by atoms with E-state index in [9.17, 15) is 4.79 Å². The number of benzene rings is 1. The van der Waals surface area contributed by atoms with E-state index in [4.69, 9.17) is 13.9 Å². The van der Waals surface area contributed by atoms with Crippen molar-refractivity contribution in [3.63, 3.8) is 0 Å². The van der Waals surface area contributed by atoms with Crippen LogP contribution in [0.5, 0.6) is 11.5 Å². The van der Waals surface area contributed by atoms with Crippen LogP contribution in [0, 0.1) is 12.3 Å². The molecule has 0 radical (unpaired) electrons. The van der Waals surface area contributed by atoms with Crippen LogP contribution in [0.15, 0.2) is 34.7 Å². The summed E-state index contributed by atoms with van der Waals surface area (Å²) >= 11 is 0. The Balaban J connectivity index is 1.78. The standard InChI is InChI=1S/C20H25NO4/c1-14-5-7-16(25-14)12-21(19(22)10-20(2,3)4)11-15-6-8-17-18(9-15)24-13-23-17/h5-9H,10-13H2,1-4H3. The zero-order chi connectivity index (χ0) is 18.0. The Morgan fingerprint density at radius 1 is 1.08 bits per heavy atom. The van der Waals surface area contributed by atoms with Gasteiger partial charge in [-0.3, -0.25) is 4.79 Å². The first-order chi connectivity index (χ1) is 11.8. The molecule has 2 heterocycles. The zero-order valence-electron chi connectivity index (χ0n) is 15.3. The molecule has 0 saturated carbocycles. The summed E-state index contributed by atoms with van der Waals surface area (Å²) in [5, 5.41) is 0. The quantitative estimate of drug-likeness (QED) is 0.813. The van der Waals surface area contributed by atoms with Crippen LogP contribution in [-0.2, 0) is 17.9 Å².